The van der Waals surface area contributed by atoms with Gasteiger partial charge in [-0.05, 0) is 29.7 Å². The zero-order valence-corrected chi connectivity index (χ0v) is 9.01. The second kappa shape index (κ2) is 2.88. The van der Waals surface area contributed by atoms with Crippen molar-refractivity contribution in [2.45, 2.75) is 18.5 Å². The van der Waals surface area contributed by atoms with Crippen molar-refractivity contribution in [3.05, 3.63) is 65.7 Å². The largest absolute Gasteiger partial charge is 0.357 e. The van der Waals surface area contributed by atoms with Crippen LogP contribution in [0.2, 0.25) is 0 Å². The molecule has 0 aromatic heterocycles. The molecule has 4 rings (SSSR count). The predicted molar refractivity (Wildman–Crippen MR) is 65.6 cm³/mol. The molecule has 2 unspecified atom stereocenters. The molecule has 2 aromatic carbocycles. The molecular weight excluding hydrogens is 194 g/mol. The van der Waals surface area contributed by atoms with E-state index < -0.39 is 0 Å². The third-order valence-corrected chi connectivity index (χ3v) is 3.79. The minimum Gasteiger partial charge on any atom is -0.357 e. The van der Waals surface area contributed by atoms with Gasteiger partial charge in [-0.3, -0.25) is 0 Å². The van der Waals surface area contributed by atoms with Crippen molar-refractivity contribution >= 4 is 5.69 Å². The summed E-state index contributed by atoms with van der Waals surface area (Å²) in [7, 11) is 0. The number of hydrogen-bond acceptors (Lipinski definition) is 1. The molecule has 0 bridgehead atoms. The maximum atomic E-state index is 2.53. The first-order chi connectivity index (χ1) is 7.95. The molecule has 2 aromatic rings. The second-order valence-corrected chi connectivity index (χ2v) is 4.66. The van der Waals surface area contributed by atoms with Gasteiger partial charge in [0.05, 0.1) is 12.1 Å². The van der Waals surface area contributed by atoms with Crippen molar-refractivity contribution in [2.75, 3.05) is 4.90 Å². The topological polar surface area (TPSA) is 3.01 Å². The Hall–Kier alpha value is -1.76. The van der Waals surface area contributed by atoms with E-state index in [4.69, 9.17) is 0 Å². The molecular formula is C15H13N. The maximum absolute atomic E-state index is 2.53. The molecule has 78 valence electrons. The summed E-state index contributed by atoms with van der Waals surface area (Å²) in [6, 6.07) is 21.0. The van der Waals surface area contributed by atoms with E-state index in [9.17, 15) is 0 Å². The molecule has 1 heteroatoms. The Morgan fingerprint density at radius 1 is 0.875 bits per heavy atom. The molecule has 1 heterocycles. The fourth-order valence-electron chi connectivity index (χ4n) is 3.03. The van der Waals surface area contributed by atoms with Gasteiger partial charge in [-0.15, -0.1) is 0 Å². The average Bonchev–Trinajstić information content (AvgIpc) is 2.94. The van der Waals surface area contributed by atoms with Gasteiger partial charge in [-0.1, -0.05) is 42.5 Å². The first-order valence-electron chi connectivity index (χ1n) is 5.86. The van der Waals surface area contributed by atoms with Gasteiger partial charge < -0.3 is 4.90 Å². The minimum atomic E-state index is 0.651. The van der Waals surface area contributed by atoms with Crippen LogP contribution in [0, 0.1) is 0 Å². The molecule has 0 N–H and O–H groups in total. The van der Waals surface area contributed by atoms with Crippen LogP contribution in [0.25, 0.3) is 0 Å². The number of para-hydroxylation sites is 1. The zero-order valence-electron chi connectivity index (χ0n) is 9.01. The summed E-state index contributed by atoms with van der Waals surface area (Å²) in [5.74, 6) is 0. The zero-order chi connectivity index (χ0) is 10.5. The van der Waals surface area contributed by atoms with Crippen LogP contribution in [0.1, 0.15) is 17.2 Å². The Balaban J connectivity index is 1.72. The number of fused-ring (bicyclic) bond motifs is 3. The Bertz CT molecular complexity index is 528. The lowest BCUT2D eigenvalue weighted by Gasteiger charge is -2.11. The van der Waals surface area contributed by atoms with E-state index in [1.54, 1.807) is 5.56 Å². The van der Waals surface area contributed by atoms with E-state index in [-0.39, 0.29) is 0 Å². The summed E-state index contributed by atoms with van der Waals surface area (Å²) >= 11 is 0. The number of anilines is 1. The van der Waals surface area contributed by atoms with Crippen molar-refractivity contribution in [3.8, 4) is 0 Å². The van der Waals surface area contributed by atoms with E-state index in [1.807, 2.05) is 0 Å². The highest BCUT2D eigenvalue weighted by molar-refractivity contribution is 5.63. The summed E-state index contributed by atoms with van der Waals surface area (Å²) in [6.45, 7) is 0. The molecule has 2 aliphatic rings. The number of nitrogens with zero attached hydrogens (tertiary/aromatic N) is 1. The Morgan fingerprint density at radius 2 is 1.62 bits per heavy atom. The van der Waals surface area contributed by atoms with Gasteiger partial charge in [0, 0.05) is 5.69 Å². The molecule has 1 fully saturated rings. The van der Waals surface area contributed by atoms with Crippen LogP contribution < -0.4 is 4.90 Å². The summed E-state index contributed by atoms with van der Waals surface area (Å²) in [5, 5.41) is 0. The molecule has 1 nitrogen and oxygen atoms in total. The predicted octanol–water partition coefficient (Wildman–Crippen LogP) is 3.17. The summed E-state index contributed by atoms with van der Waals surface area (Å²) in [4.78, 5) is 2.53. The van der Waals surface area contributed by atoms with E-state index >= 15 is 0 Å². The van der Waals surface area contributed by atoms with Crippen molar-refractivity contribution in [3.63, 3.8) is 0 Å². The molecule has 1 aliphatic carbocycles. The maximum Gasteiger partial charge on any atom is 0.0756 e. The van der Waals surface area contributed by atoms with Gasteiger partial charge in [-0.25, -0.2) is 0 Å². The Morgan fingerprint density at radius 3 is 2.50 bits per heavy atom. The van der Waals surface area contributed by atoms with Gasteiger partial charge >= 0.3 is 0 Å². The second-order valence-electron chi connectivity index (χ2n) is 4.66. The highest BCUT2D eigenvalue weighted by Gasteiger charge is 2.53. The van der Waals surface area contributed by atoms with Crippen LogP contribution in [0.15, 0.2) is 54.6 Å². The summed E-state index contributed by atoms with van der Waals surface area (Å²) in [6.07, 6.45) is 1.22. The molecule has 0 saturated carbocycles. The first-order valence-corrected chi connectivity index (χ1v) is 5.86. The lowest BCUT2D eigenvalue weighted by atomic mass is 10.1. The van der Waals surface area contributed by atoms with Crippen molar-refractivity contribution in [2.24, 2.45) is 0 Å². The van der Waals surface area contributed by atoms with Crippen LogP contribution in [0.3, 0.4) is 0 Å². The van der Waals surface area contributed by atoms with Crippen LogP contribution in [0.4, 0.5) is 5.69 Å². The fraction of sp³-hybridized carbons (Fsp3) is 0.200. The quantitative estimate of drug-likeness (QED) is 0.649. The van der Waals surface area contributed by atoms with Crippen LogP contribution in [-0.2, 0) is 6.42 Å². The third-order valence-electron chi connectivity index (χ3n) is 3.79. The standard InChI is InChI=1S/C15H13N/c1-2-7-12(8-3-1)16-14-10-11-6-4-5-9-13(11)15(14)16/h1-9,14-15H,10H2. The van der Waals surface area contributed by atoms with E-state index in [1.165, 1.54) is 17.7 Å². The van der Waals surface area contributed by atoms with Gasteiger partial charge in [0.2, 0.25) is 0 Å². The van der Waals surface area contributed by atoms with Crippen molar-refractivity contribution in [1.82, 2.24) is 0 Å². The minimum absolute atomic E-state index is 0.651. The number of benzene rings is 2. The van der Waals surface area contributed by atoms with E-state index in [0.717, 1.165) is 6.04 Å². The number of hydrogen-bond donors (Lipinski definition) is 0. The van der Waals surface area contributed by atoms with Crippen LogP contribution in [0.5, 0.6) is 0 Å². The SMILES string of the molecule is c1ccc(N2C3Cc4ccccc4C32)cc1. The van der Waals surface area contributed by atoms with Crippen LogP contribution >= 0.6 is 0 Å². The van der Waals surface area contributed by atoms with Gasteiger partial charge in [-0.2, -0.15) is 0 Å². The van der Waals surface area contributed by atoms with Crippen LogP contribution in [-0.4, -0.2) is 6.04 Å². The Labute approximate surface area is 95.3 Å². The van der Waals surface area contributed by atoms with Crippen molar-refractivity contribution < 1.29 is 0 Å². The molecule has 0 radical (unpaired) electrons. The molecule has 0 spiro atoms. The van der Waals surface area contributed by atoms with E-state index in [2.05, 4.69) is 59.5 Å². The highest BCUT2D eigenvalue weighted by Crippen LogP contribution is 2.53. The third kappa shape index (κ3) is 1.00. The smallest absolute Gasteiger partial charge is 0.0756 e. The monoisotopic (exact) mass is 207 g/mol. The van der Waals surface area contributed by atoms with Gasteiger partial charge in [0.15, 0.2) is 0 Å². The lowest BCUT2D eigenvalue weighted by Crippen LogP contribution is -2.05. The molecule has 16 heavy (non-hydrogen) atoms. The highest BCUT2D eigenvalue weighted by atomic mass is 15.4. The lowest BCUT2D eigenvalue weighted by molar-refractivity contribution is 0.981. The molecule has 1 saturated heterocycles. The van der Waals surface area contributed by atoms with Gasteiger partial charge in [0.1, 0.15) is 0 Å². The summed E-state index contributed by atoms with van der Waals surface area (Å²) in [5.41, 5.74) is 4.45. The number of rotatable bonds is 1. The summed E-state index contributed by atoms with van der Waals surface area (Å²) < 4.78 is 0. The molecule has 2 atom stereocenters. The normalized spacial score (nSPS) is 25.1. The fourth-order valence-corrected chi connectivity index (χ4v) is 3.03. The van der Waals surface area contributed by atoms with Crippen molar-refractivity contribution in [1.29, 1.82) is 0 Å². The average molecular weight is 207 g/mol. The van der Waals surface area contributed by atoms with Gasteiger partial charge in [0.25, 0.3) is 0 Å². The first kappa shape index (κ1) is 8.40. The Kier molecular flexibility index (Phi) is 1.51. The molecule has 1 aliphatic heterocycles. The van der Waals surface area contributed by atoms with E-state index in [0.29, 0.717) is 6.04 Å². The molecule has 0 amide bonds.